The minimum Gasteiger partial charge on any atom is -0.478 e. The number of aromatic carboxylic acids is 1. The number of carbonyl (C=O) groups is 1. The number of benzene rings is 1. The molecule has 2 aliphatic rings. The summed E-state index contributed by atoms with van der Waals surface area (Å²) in [6.45, 7) is 3.40. The summed E-state index contributed by atoms with van der Waals surface area (Å²) < 4.78 is 0. The Morgan fingerprint density at radius 1 is 1.05 bits per heavy atom. The number of carboxylic acid groups (broad SMARTS) is 1. The monoisotopic (exact) mass is 273 g/mol. The highest BCUT2D eigenvalue weighted by atomic mass is 16.4. The molecule has 2 aliphatic carbocycles. The van der Waals surface area contributed by atoms with Crippen molar-refractivity contribution in [2.75, 3.05) is 13.1 Å². The molecule has 3 heteroatoms. The first kappa shape index (κ1) is 13.6. The Balaban J connectivity index is 1.59. The van der Waals surface area contributed by atoms with E-state index in [9.17, 15) is 4.79 Å². The van der Waals surface area contributed by atoms with Crippen molar-refractivity contribution >= 4 is 5.97 Å². The van der Waals surface area contributed by atoms with Crippen LogP contribution in [0.3, 0.4) is 0 Å². The molecule has 0 amide bonds. The van der Waals surface area contributed by atoms with E-state index in [-0.39, 0.29) is 0 Å². The quantitative estimate of drug-likeness (QED) is 0.827. The van der Waals surface area contributed by atoms with Gasteiger partial charge in [0.05, 0.1) is 5.56 Å². The van der Waals surface area contributed by atoms with E-state index in [1.165, 1.54) is 50.8 Å². The van der Waals surface area contributed by atoms with Crippen molar-refractivity contribution in [3.05, 3.63) is 35.4 Å². The Morgan fingerprint density at radius 3 is 2.10 bits per heavy atom. The van der Waals surface area contributed by atoms with Gasteiger partial charge in [0.25, 0.3) is 0 Å². The van der Waals surface area contributed by atoms with Crippen molar-refractivity contribution in [3.8, 4) is 0 Å². The predicted octanol–water partition coefficient (Wildman–Crippen LogP) is 3.40. The van der Waals surface area contributed by atoms with Gasteiger partial charge >= 0.3 is 5.97 Å². The topological polar surface area (TPSA) is 40.5 Å². The molecule has 0 radical (unpaired) electrons. The van der Waals surface area contributed by atoms with Crippen LogP contribution in [0.25, 0.3) is 0 Å². The molecule has 2 saturated carbocycles. The molecular weight excluding hydrogens is 250 g/mol. The molecule has 3 rings (SSSR count). The zero-order chi connectivity index (χ0) is 13.9. The highest BCUT2D eigenvalue weighted by molar-refractivity contribution is 5.87. The summed E-state index contributed by atoms with van der Waals surface area (Å²) in [5, 5.41) is 8.93. The van der Waals surface area contributed by atoms with Crippen LogP contribution in [-0.2, 0) is 6.54 Å². The lowest BCUT2D eigenvalue weighted by Crippen LogP contribution is -2.33. The molecule has 0 bridgehead atoms. The lowest BCUT2D eigenvalue weighted by molar-refractivity contribution is 0.0697. The van der Waals surface area contributed by atoms with Gasteiger partial charge in [0.1, 0.15) is 0 Å². The summed E-state index contributed by atoms with van der Waals surface area (Å²) in [5.41, 5.74) is 1.61. The number of nitrogens with zero attached hydrogens (tertiary/aromatic N) is 1. The fourth-order valence-corrected chi connectivity index (χ4v) is 2.92. The Hall–Kier alpha value is -1.35. The first-order valence-corrected chi connectivity index (χ1v) is 7.75. The van der Waals surface area contributed by atoms with Gasteiger partial charge < -0.3 is 5.11 Å². The zero-order valence-electron chi connectivity index (χ0n) is 11.9. The van der Waals surface area contributed by atoms with Gasteiger partial charge in [0.2, 0.25) is 0 Å². The molecule has 0 aromatic heterocycles. The molecular formula is C17H23NO2. The summed E-state index contributed by atoms with van der Waals surface area (Å²) in [7, 11) is 0. The van der Waals surface area contributed by atoms with Crippen LogP contribution in [0.15, 0.2) is 24.3 Å². The van der Waals surface area contributed by atoms with Crippen LogP contribution in [0.5, 0.6) is 0 Å². The summed E-state index contributed by atoms with van der Waals surface area (Å²) in [4.78, 5) is 13.5. The van der Waals surface area contributed by atoms with Crippen LogP contribution in [0, 0.1) is 11.8 Å². The summed E-state index contributed by atoms with van der Waals surface area (Å²) in [6.07, 6.45) is 6.95. The largest absolute Gasteiger partial charge is 0.478 e. The van der Waals surface area contributed by atoms with E-state index < -0.39 is 5.97 Å². The molecule has 2 fully saturated rings. The average molecular weight is 273 g/mol. The fourth-order valence-electron chi connectivity index (χ4n) is 2.92. The van der Waals surface area contributed by atoms with Crippen LogP contribution in [0.4, 0.5) is 0 Å². The second kappa shape index (κ2) is 5.96. The van der Waals surface area contributed by atoms with Crippen LogP contribution in [-0.4, -0.2) is 29.1 Å². The third-order valence-electron chi connectivity index (χ3n) is 4.56. The molecule has 0 atom stereocenters. The van der Waals surface area contributed by atoms with Crippen molar-refractivity contribution in [2.24, 2.45) is 11.8 Å². The second-order valence-electron chi connectivity index (χ2n) is 6.44. The summed E-state index contributed by atoms with van der Waals surface area (Å²) in [6, 6.07) is 7.36. The van der Waals surface area contributed by atoms with Crippen LogP contribution in [0.2, 0.25) is 0 Å². The Kier molecular flexibility index (Phi) is 4.06. The van der Waals surface area contributed by atoms with Crippen LogP contribution >= 0.6 is 0 Å². The minimum absolute atomic E-state index is 0.376. The lowest BCUT2D eigenvalue weighted by atomic mass is 9.85. The summed E-state index contributed by atoms with van der Waals surface area (Å²) >= 11 is 0. The van der Waals surface area contributed by atoms with Gasteiger partial charge in [-0.25, -0.2) is 4.79 Å². The maximum atomic E-state index is 10.9. The average Bonchev–Trinajstić information content (AvgIpc) is 3.18. The third-order valence-corrected chi connectivity index (χ3v) is 4.56. The second-order valence-corrected chi connectivity index (χ2v) is 6.44. The Labute approximate surface area is 120 Å². The molecule has 0 heterocycles. The van der Waals surface area contributed by atoms with Gasteiger partial charge in [-0.1, -0.05) is 18.6 Å². The minimum atomic E-state index is -0.846. The smallest absolute Gasteiger partial charge is 0.335 e. The number of hydrogen-bond acceptors (Lipinski definition) is 2. The molecule has 108 valence electrons. The highest BCUT2D eigenvalue weighted by Crippen LogP contribution is 2.33. The summed E-state index contributed by atoms with van der Waals surface area (Å²) in [5.74, 6) is 0.960. The molecule has 20 heavy (non-hydrogen) atoms. The van der Waals surface area contributed by atoms with Gasteiger partial charge in [0.15, 0.2) is 0 Å². The maximum absolute atomic E-state index is 10.9. The van der Waals surface area contributed by atoms with Crippen molar-refractivity contribution < 1.29 is 9.90 Å². The Bertz CT molecular complexity index is 460. The van der Waals surface area contributed by atoms with Crippen molar-refractivity contribution in [3.63, 3.8) is 0 Å². The van der Waals surface area contributed by atoms with E-state index in [1.807, 2.05) is 12.1 Å². The van der Waals surface area contributed by atoms with E-state index in [4.69, 9.17) is 5.11 Å². The van der Waals surface area contributed by atoms with E-state index in [0.29, 0.717) is 5.56 Å². The van der Waals surface area contributed by atoms with Gasteiger partial charge in [-0.2, -0.15) is 0 Å². The number of carboxylic acids is 1. The maximum Gasteiger partial charge on any atom is 0.335 e. The third kappa shape index (κ3) is 3.60. The number of rotatable bonds is 7. The molecule has 3 nitrogen and oxygen atoms in total. The Morgan fingerprint density at radius 2 is 1.65 bits per heavy atom. The zero-order valence-corrected chi connectivity index (χ0v) is 11.9. The van der Waals surface area contributed by atoms with Crippen molar-refractivity contribution in [1.29, 1.82) is 0 Å². The first-order chi connectivity index (χ1) is 9.70. The molecule has 0 spiro atoms. The fraction of sp³-hybridized carbons (Fsp3) is 0.588. The van der Waals surface area contributed by atoms with E-state index >= 15 is 0 Å². The van der Waals surface area contributed by atoms with Gasteiger partial charge in [-0.15, -0.1) is 0 Å². The SMILES string of the molecule is O=C(O)c1ccc(CN(CC2CCC2)CC2CC2)cc1. The van der Waals surface area contributed by atoms with E-state index in [0.717, 1.165) is 18.4 Å². The van der Waals surface area contributed by atoms with Gasteiger partial charge in [-0.3, -0.25) is 4.90 Å². The molecule has 1 aromatic carbocycles. The normalized spacial score (nSPS) is 19.1. The van der Waals surface area contributed by atoms with Gasteiger partial charge in [0, 0.05) is 19.6 Å². The van der Waals surface area contributed by atoms with Crippen LogP contribution < -0.4 is 0 Å². The van der Waals surface area contributed by atoms with Crippen molar-refractivity contribution in [2.45, 2.75) is 38.6 Å². The highest BCUT2D eigenvalue weighted by Gasteiger charge is 2.27. The molecule has 0 unspecified atom stereocenters. The van der Waals surface area contributed by atoms with Gasteiger partial charge in [-0.05, 0) is 55.2 Å². The number of hydrogen-bond donors (Lipinski definition) is 1. The first-order valence-electron chi connectivity index (χ1n) is 7.75. The molecule has 1 N–H and O–H groups in total. The standard InChI is InChI=1S/C17H23NO2/c19-17(20)16-8-6-15(7-9-16)12-18(11-14-4-5-14)10-13-2-1-3-13/h6-9,13-14H,1-5,10-12H2,(H,19,20). The van der Waals surface area contributed by atoms with Crippen molar-refractivity contribution in [1.82, 2.24) is 4.90 Å². The van der Waals surface area contributed by atoms with E-state index in [1.54, 1.807) is 12.1 Å². The molecule has 0 aliphatic heterocycles. The van der Waals surface area contributed by atoms with Crippen LogP contribution in [0.1, 0.15) is 48.0 Å². The molecule has 0 saturated heterocycles. The molecule has 1 aromatic rings. The predicted molar refractivity (Wildman–Crippen MR) is 78.7 cm³/mol. The lowest BCUT2D eigenvalue weighted by Gasteiger charge is -2.32. The van der Waals surface area contributed by atoms with E-state index in [2.05, 4.69) is 4.90 Å².